The largest absolute Gasteiger partial charge is 0.375 e. The van der Waals surface area contributed by atoms with Crippen molar-refractivity contribution in [1.82, 2.24) is 13.9 Å². The fourth-order valence-electron chi connectivity index (χ4n) is 2.76. The maximum absolute atomic E-state index is 12.7. The lowest BCUT2D eigenvalue weighted by Crippen LogP contribution is -2.38. The van der Waals surface area contributed by atoms with Crippen molar-refractivity contribution < 1.29 is 13.2 Å². The number of thiophene rings is 1. The van der Waals surface area contributed by atoms with Gasteiger partial charge in [0.2, 0.25) is 0 Å². The monoisotopic (exact) mass is 353 g/mol. The first kappa shape index (κ1) is 15.3. The van der Waals surface area contributed by atoms with Crippen molar-refractivity contribution in [2.75, 3.05) is 13.2 Å². The molecule has 1 aliphatic carbocycles. The van der Waals surface area contributed by atoms with Gasteiger partial charge in [0.05, 0.1) is 30.9 Å². The van der Waals surface area contributed by atoms with E-state index in [-0.39, 0.29) is 0 Å². The van der Waals surface area contributed by atoms with Crippen LogP contribution in [-0.4, -0.2) is 35.4 Å². The summed E-state index contributed by atoms with van der Waals surface area (Å²) in [5.41, 5.74) is 1.81. The van der Waals surface area contributed by atoms with E-state index in [0.717, 1.165) is 18.0 Å². The summed E-state index contributed by atoms with van der Waals surface area (Å²) in [6.45, 7) is 2.72. The van der Waals surface area contributed by atoms with Gasteiger partial charge in [0.25, 0.3) is 10.0 Å². The molecule has 0 bridgehead atoms. The molecule has 0 amide bonds. The van der Waals surface area contributed by atoms with Gasteiger partial charge in [-0.05, 0) is 30.2 Å². The van der Waals surface area contributed by atoms with Crippen molar-refractivity contribution in [1.29, 1.82) is 0 Å². The Morgan fingerprint density at radius 1 is 1.35 bits per heavy atom. The second-order valence-corrected chi connectivity index (χ2v) is 9.17. The number of imidazole rings is 1. The number of hydrogen-bond acceptors (Lipinski definition) is 5. The first-order valence-corrected chi connectivity index (χ1v) is 10.1. The van der Waals surface area contributed by atoms with Crippen molar-refractivity contribution in [2.24, 2.45) is 5.92 Å². The number of fused-ring (bicyclic) bond motifs is 1. The number of nitrogens with zero attached hydrogens (tertiary/aromatic N) is 3. The second kappa shape index (κ2) is 6.01. The van der Waals surface area contributed by atoms with E-state index < -0.39 is 10.0 Å². The molecule has 3 heterocycles. The van der Waals surface area contributed by atoms with Crippen molar-refractivity contribution in [2.45, 2.75) is 36.7 Å². The van der Waals surface area contributed by atoms with Crippen LogP contribution in [0.4, 0.5) is 0 Å². The van der Waals surface area contributed by atoms with Gasteiger partial charge in [-0.1, -0.05) is 6.07 Å². The quantitative estimate of drug-likeness (QED) is 0.797. The lowest BCUT2D eigenvalue weighted by molar-refractivity contribution is 0.108. The SMILES string of the molecule is O=S(=O)(c1cccs1)N1CCn2cnc(COCC3CC3)c2C1. The molecule has 2 aliphatic rings. The summed E-state index contributed by atoms with van der Waals surface area (Å²) in [4.78, 5) is 4.41. The maximum Gasteiger partial charge on any atom is 0.252 e. The molecule has 0 atom stereocenters. The van der Waals surface area contributed by atoms with Crippen LogP contribution in [-0.2, 0) is 34.5 Å². The summed E-state index contributed by atoms with van der Waals surface area (Å²) in [6, 6.07) is 3.43. The molecule has 2 aromatic heterocycles. The molecule has 124 valence electrons. The second-order valence-electron chi connectivity index (χ2n) is 6.06. The van der Waals surface area contributed by atoms with Crippen LogP contribution in [0.15, 0.2) is 28.0 Å². The van der Waals surface area contributed by atoms with Gasteiger partial charge in [0.1, 0.15) is 4.21 Å². The average molecular weight is 353 g/mol. The summed E-state index contributed by atoms with van der Waals surface area (Å²) in [7, 11) is -3.41. The molecule has 4 rings (SSSR count). The third-order valence-corrected chi connectivity index (χ3v) is 7.55. The van der Waals surface area contributed by atoms with E-state index in [1.54, 1.807) is 28.1 Å². The highest BCUT2D eigenvalue weighted by atomic mass is 32.2. The Morgan fingerprint density at radius 3 is 2.96 bits per heavy atom. The molecule has 2 aromatic rings. The van der Waals surface area contributed by atoms with Crippen LogP contribution in [0.25, 0.3) is 0 Å². The highest BCUT2D eigenvalue weighted by Crippen LogP contribution is 2.30. The van der Waals surface area contributed by atoms with Gasteiger partial charge in [-0.3, -0.25) is 0 Å². The average Bonchev–Trinajstić information content (AvgIpc) is 3.04. The Morgan fingerprint density at radius 2 is 2.22 bits per heavy atom. The van der Waals surface area contributed by atoms with Gasteiger partial charge >= 0.3 is 0 Å². The predicted octanol–water partition coefficient (Wildman–Crippen LogP) is 2.08. The van der Waals surface area contributed by atoms with E-state index in [1.165, 1.54) is 24.2 Å². The normalized spacial score (nSPS) is 19.0. The van der Waals surface area contributed by atoms with E-state index in [0.29, 0.717) is 36.4 Å². The van der Waals surface area contributed by atoms with Gasteiger partial charge < -0.3 is 9.30 Å². The fraction of sp³-hybridized carbons (Fsp3) is 0.533. The topological polar surface area (TPSA) is 64.4 Å². The predicted molar refractivity (Wildman–Crippen MR) is 86.5 cm³/mol. The molecule has 0 unspecified atom stereocenters. The standard InChI is InChI=1S/C15H19N3O3S2/c19-23(20,15-2-1-7-22-15)18-6-5-17-11-16-13(14(17)8-18)10-21-9-12-3-4-12/h1-2,7,11-12H,3-6,8-10H2. The number of aromatic nitrogens is 2. The Hall–Kier alpha value is -1.22. The molecule has 6 nitrogen and oxygen atoms in total. The zero-order valence-electron chi connectivity index (χ0n) is 12.7. The molecular weight excluding hydrogens is 334 g/mol. The number of hydrogen-bond donors (Lipinski definition) is 0. The molecule has 1 fully saturated rings. The van der Waals surface area contributed by atoms with Gasteiger partial charge in [-0.25, -0.2) is 13.4 Å². The summed E-state index contributed by atoms with van der Waals surface area (Å²) in [5.74, 6) is 0.712. The van der Waals surface area contributed by atoms with Gasteiger partial charge in [0, 0.05) is 19.7 Å². The van der Waals surface area contributed by atoms with E-state index in [2.05, 4.69) is 4.98 Å². The Kier molecular flexibility index (Phi) is 4.00. The maximum atomic E-state index is 12.7. The van der Waals surface area contributed by atoms with Crippen LogP contribution in [0.2, 0.25) is 0 Å². The Balaban J connectivity index is 1.50. The van der Waals surface area contributed by atoms with Crippen LogP contribution < -0.4 is 0 Å². The van der Waals surface area contributed by atoms with Gasteiger partial charge in [0.15, 0.2) is 0 Å². The molecular formula is C15H19N3O3S2. The van der Waals surface area contributed by atoms with Crippen molar-refractivity contribution in [3.63, 3.8) is 0 Å². The third-order valence-electron chi connectivity index (χ3n) is 4.33. The molecule has 0 N–H and O–H groups in total. The molecule has 1 saturated carbocycles. The van der Waals surface area contributed by atoms with E-state index in [9.17, 15) is 8.42 Å². The molecule has 8 heteroatoms. The molecule has 0 spiro atoms. The van der Waals surface area contributed by atoms with Crippen molar-refractivity contribution >= 4 is 21.4 Å². The van der Waals surface area contributed by atoms with Crippen LogP contribution in [0, 0.1) is 5.92 Å². The summed E-state index contributed by atoms with van der Waals surface area (Å²) in [5, 5.41) is 1.79. The van der Waals surface area contributed by atoms with Gasteiger partial charge in [-0.15, -0.1) is 11.3 Å². The lowest BCUT2D eigenvalue weighted by atomic mass is 10.3. The lowest BCUT2D eigenvalue weighted by Gasteiger charge is -2.27. The van der Waals surface area contributed by atoms with Gasteiger partial charge in [-0.2, -0.15) is 4.31 Å². The Labute approximate surface area is 139 Å². The fourth-order valence-corrected chi connectivity index (χ4v) is 5.30. The number of ether oxygens (including phenoxy) is 1. The smallest absolute Gasteiger partial charge is 0.252 e. The number of rotatable bonds is 6. The van der Waals surface area contributed by atoms with Crippen LogP contribution in [0.3, 0.4) is 0 Å². The zero-order chi connectivity index (χ0) is 15.9. The molecule has 0 radical (unpaired) electrons. The highest BCUT2D eigenvalue weighted by molar-refractivity contribution is 7.91. The van der Waals surface area contributed by atoms with Crippen LogP contribution >= 0.6 is 11.3 Å². The molecule has 1 aliphatic heterocycles. The molecule has 0 saturated heterocycles. The first-order chi connectivity index (χ1) is 11.1. The zero-order valence-corrected chi connectivity index (χ0v) is 14.4. The third kappa shape index (κ3) is 3.08. The van der Waals surface area contributed by atoms with Crippen LogP contribution in [0.1, 0.15) is 24.2 Å². The number of sulfonamides is 1. The molecule has 0 aromatic carbocycles. The Bertz CT molecular complexity index is 779. The minimum Gasteiger partial charge on any atom is -0.375 e. The van der Waals surface area contributed by atoms with Crippen molar-refractivity contribution in [3.8, 4) is 0 Å². The summed E-state index contributed by atoms with van der Waals surface area (Å²) < 4.78 is 35.1. The van der Waals surface area contributed by atoms with E-state index in [1.807, 2.05) is 4.57 Å². The van der Waals surface area contributed by atoms with Crippen LogP contribution in [0.5, 0.6) is 0 Å². The minimum atomic E-state index is -3.41. The van der Waals surface area contributed by atoms with E-state index >= 15 is 0 Å². The minimum absolute atomic E-state index is 0.363. The van der Waals surface area contributed by atoms with Crippen molar-refractivity contribution in [3.05, 3.63) is 35.2 Å². The molecule has 23 heavy (non-hydrogen) atoms. The van der Waals surface area contributed by atoms with E-state index in [4.69, 9.17) is 4.74 Å². The highest BCUT2D eigenvalue weighted by Gasteiger charge is 2.31. The summed E-state index contributed by atoms with van der Waals surface area (Å²) in [6.07, 6.45) is 4.31. The first-order valence-electron chi connectivity index (χ1n) is 7.79. The summed E-state index contributed by atoms with van der Waals surface area (Å²) >= 11 is 1.26.